The lowest BCUT2D eigenvalue weighted by molar-refractivity contribution is -0.146. The third-order valence-corrected chi connectivity index (χ3v) is 4.12. The number of piperidine rings is 1. The van der Waals surface area contributed by atoms with Gasteiger partial charge in [-0.2, -0.15) is 0 Å². The van der Waals surface area contributed by atoms with Crippen LogP contribution in [0.1, 0.15) is 40.0 Å². The summed E-state index contributed by atoms with van der Waals surface area (Å²) in [4.78, 5) is 49.8. The zero-order valence-corrected chi connectivity index (χ0v) is 15.5. The van der Waals surface area contributed by atoms with E-state index in [0.717, 1.165) is 0 Å². The monoisotopic (exact) mass is 355 g/mol. The van der Waals surface area contributed by atoms with Gasteiger partial charge in [0, 0.05) is 26.6 Å². The number of nitrogens with zero attached hydrogens (tertiary/aromatic N) is 2. The summed E-state index contributed by atoms with van der Waals surface area (Å²) in [6.45, 7) is 6.37. The van der Waals surface area contributed by atoms with E-state index in [4.69, 9.17) is 5.11 Å². The largest absolute Gasteiger partial charge is 0.481 e. The third kappa shape index (κ3) is 7.53. The number of likely N-dealkylation sites (tertiary alicyclic amines) is 1. The number of amides is 3. The van der Waals surface area contributed by atoms with E-state index in [9.17, 15) is 19.2 Å². The minimum atomic E-state index is -0.828. The Hall–Kier alpha value is -2.12. The van der Waals surface area contributed by atoms with Crippen molar-refractivity contribution in [1.29, 1.82) is 0 Å². The zero-order valence-electron chi connectivity index (χ0n) is 15.5. The van der Waals surface area contributed by atoms with Gasteiger partial charge in [-0.3, -0.25) is 19.2 Å². The Balaban J connectivity index is 2.36. The summed E-state index contributed by atoms with van der Waals surface area (Å²) in [7, 11) is 1.51. The molecule has 0 aliphatic carbocycles. The fraction of sp³-hybridized carbons (Fsp3) is 0.765. The first kappa shape index (κ1) is 20.9. The Morgan fingerprint density at radius 3 is 2.20 bits per heavy atom. The molecule has 1 aliphatic heterocycles. The van der Waals surface area contributed by atoms with E-state index in [1.54, 1.807) is 4.90 Å². The fourth-order valence-electron chi connectivity index (χ4n) is 2.62. The minimum Gasteiger partial charge on any atom is -0.481 e. The molecule has 2 N–H and O–H groups in total. The van der Waals surface area contributed by atoms with Crippen molar-refractivity contribution < 1.29 is 24.3 Å². The predicted octanol–water partition coefficient (Wildman–Crippen LogP) is 0.320. The van der Waals surface area contributed by atoms with E-state index in [2.05, 4.69) is 5.32 Å². The van der Waals surface area contributed by atoms with Gasteiger partial charge in [0.25, 0.3) is 0 Å². The van der Waals surface area contributed by atoms with Crippen molar-refractivity contribution in [2.45, 2.75) is 40.0 Å². The average Bonchev–Trinajstić information content (AvgIpc) is 2.50. The summed E-state index contributed by atoms with van der Waals surface area (Å²) < 4.78 is 0. The first-order valence-electron chi connectivity index (χ1n) is 8.51. The maximum absolute atomic E-state index is 12.2. The van der Waals surface area contributed by atoms with Crippen molar-refractivity contribution in [2.75, 3.05) is 33.2 Å². The maximum atomic E-state index is 12.2. The maximum Gasteiger partial charge on any atom is 0.306 e. The molecule has 0 aromatic rings. The smallest absolute Gasteiger partial charge is 0.306 e. The van der Waals surface area contributed by atoms with Gasteiger partial charge in [0.05, 0.1) is 19.0 Å². The predicted molar refractivity (Wildman–Crippen MR) is 91.7 cm³/mol. The van der Waals surface area contributed by atoms with Crippen molar-refractivity contribution in [1.82, 2.24) is 15.1 Å². The van der Waals surface area contributed by atoms with Gasteiger partial charge < -0.3 is 20.2 Å². The molecule has 0 saturated carbocycles. The van der Waals surface area contributed by atoms with Crippen LogP contribution in [-0.4, -0.2) is 71.8 Å². The average molecular weight is 355 g/mol. The van der Waals surface area contributed by atoms with Crippen molar-refractivity contribution in [3.05, 3.63) is 0 Å². The molecule has 3 amide bonds. The molecule has 8 heteroatoms. The van der Waals surface area contributed by atoms with Gasteiger partial charge in [0.1, 0.15) is 0 Å². The second kappa shape index (κ2) is 8.82. The van der Waals surface area contributed by atoms with E-state index in [-0.39, 0.29) is 36.2 Å². The summed E-state index contributed by atoms with van der Waals surface area (Å²) in [5.41, 5.74) is -0.156. The molecular weight excluding hydrogens is 326 g/mol. The van der Waals surface area contributed by atoms with Gasteiger partial charge in [0.2, 0.25) is 17.7 Å². The van der Waals surface area contributed by atoms with Crippen LogP contribution in [0.15, 0.2) is 0 Å². The number of hydrogen-bond acceptors (Lipinski definition) is 4. The highest BCUT2D eigenvalue weighted by molar-refractivity contribution is 5.88. The van der Waals surface area contributed by atoms with Crippen LogP contribution in [0.3, 0.4) is 0 Å². The number of carboxylic acids is 1. The van der Waals surface area contributed by atoms with E-state index in [1.807, 2.05) is 20.8 Å². The number of rotatable bonds is 6. The molecule has 0 aromatic heterocycles. The highest BCUT2D eigenvalue weighted by atomic mass is 16.4. The van der Waals surface area contributed by atoms with Gasteiger partial charge in [0.15, 0.2) is 0 Å². The second-order valence-electron chi connectivity index (χ2n) is 7.76. The minimum absolute atomic E-state index is 0.0777. The van der Waals surface area contributed by atoms with Crippen molar-refractivity contribution in [2.24, 2.45) is 11.3 Å². The Morgan fingerprint density at radius 2 is 1.72 bits per heavy atom. The summed E-state index contributed by atoms with van der Waals surface area (Å²) in [5, 5.41) is 11.5. The van der Waals surface area contributed by atoms with Gasteiger partial charge in [-0.05, 0) is 18.3 Å². The molecule has 1 saturated heterocycles. The quantitative estimate of drug-likeness (QED) is 0.713. The van der Waals surface area contributed by atoms with E-state index >= 15 is 0 Å². The molecule has 1 rings (SSSR count). The molecule has 25 heavy (non-hydrogen) atoms. The van der Waals surface area contributed by atoms with Crippen LogP contribution in [0.4, 0.5) is 0 Å². The van der Waals surface area contributed by atoms with E-state index in [1.165, 1.54) is 11.9 Å². The van der Waals surface area contributed by atoms with Gasteiger partial charge >= 0.3 is 5.97 Å². The molecule has 0 atom stereocenters. The standard InChI is InChI=1S/C17H29N3O5/c1-17(2,3)9-13(21)18-10-14(22)19(4)11-15(23)20-7-5-12(6-8-20)16(24)25/h12H,5-11H2,1-4H3,(H,18,21)(H,24,25). The summed E-state index contributed by atoms with van der Waals surface area (Å²) in [6.07, 6.45) is 1.19. The summed E-state index contributed by atoms with van der Waals surface area (Å²) in [6, 6.07) is 0. The molecule has 8 nitrogen and oxygen atoms in total. The Labute approximate surface area is 148 Å². The van der Waals surface area contributed by atoms with Crippen LogP contribution >= 0.6 is 0 Å². The number of nitrogens with one attached hydrogen (secondary N) is 1. The van der Waals surface area contributed by atoms with Crippen LogP contribution in [-0.2, 0) is 19.2 Å². The van der Waals surface area contributed by atoms with Crippen LogP contribution in [0, 0.1) is 11.3 Å². The Morgan fingerprint density at radius 1 is 1.16 bits per heavy atom. The van der Waals surface area contributed by atoms with E-state index < -0.39 is 11.9 Å². The number of likely N-dealkylation sites (N-methyl/N-ethyl adjacent to an activating group) is 1. The second-order valence-corrected chi connectivity index (χ2v) is 7.76. The molecule has 1 aliphatic rings. The molecular formula is C17H29N3O5. The lowest BCUT2D eigenvalue weighted by Crippen LogP contribution is -2.47. The highest BCUT2D eigenvalue weighted by Crippen LogP contribution is 2.18. The molecule has 1 fully saturated rings. The topological polar surface area (TPSA) is 107 Å². The SMILES string of the molecule is CN(CC(=O)N1CCC(C(=O)O)CC1)C(=O)CNC(=O)CC(C)(C)C. The molecule has 0 aromatic carbocycles. The lowest BCUT2D eigenvalue weighted by Gasteiger charge is -2.31. The first-order valence-corrected chi connectivity index (χ1v) is 8.51. The van der Waals surface area contributed by atoms with Crippen molar-refractivity contribution in [3.63, 3.8) is 0 Å². The van der Waals surface area contributed by atoms with Crippen LogP contribution < -0.4 is 5.32 Å². The number of carboxylic acid groups (broad SMARTS) is 1. The summed E-state index contributed by atoms with van der Waals surface area (Å²) in [5.74, 6) is -1.97. The molecule has 0 unspecified atom stereocenters. The Bertz CT molecular complexity index is 519. The molecule has 0 radical (unpaired) electrons. The van der Waals surface area contributed by atoms with Gasteiger partial charge in [-0.15, -0.1) is 0 Å². The van der Waals surface area contributed by atoms with Crippen LogP contribution in [0.25, 0.3) is 0 Å². The summed E-state index contributed by atoms with van der Waals surface area (Å²) >= 11 is 0. The van der Waals surface area contributed by atoms with Crippen molar-refractivity contribution in [3.8, 4) is 0 Å². The van der Waals surface area contributed by atoms with Crippen molar-refractivity contribution >= 4 is 23.7 Å². The number of hydrogen-bond donors (Lipinski definition) is 2. The molecule has 0 spiro atoms. The molecule has 0 bridgehead atoms. The van der Waals surface area contributed by atoms with Gasteiger partial charge in [-0.25, -0.2) is 0 Å². The number of carbonyl (C=O) groups excluding carboxylic acids is 3. The fourth-order valence-corrected chi connectivity index (χ4v) is 2.62. The third-order valence-electron chi connectivity index (χ3n) is 4.12. The number of aliphatic carboxylic acids is 1. The molecule has 142 valence electrons. The van der Waals surface area contributed by atoms with E-state index in [0.29, 0.717) is 32.4 Å². The van der Waals surface area contributed by atoms with Crippen LogP contribution in [0.5, 0.6) is 0 Å². The lowest BCUT2D eigenvalue weighted by atomic mass is 9.92. The highest BCUT2D eigenvalue weighted by Gasteiger charge is 2.28. The zero-order chi connectivity index (χ0) is 19.2. The molecule has 1 heterocycles. The Kier molecular flexibility index (Phi) is 7.38. The number of carbonyl (C=O) groups is 4. The normalized spacial score (nSPS) is 15.6. The van der Waals surface area contributed by atoms with Gasteiger partial charge in [-0.1, -0.05) is 20.8 Å². The first-order chi connectivity index (χ1) is 11.5. The van der Waals surface area contributed by atoms with Crippen LogP contribution in [0.2, 0.25) is 0 Å².